The molecule has 1 aliphatic rings. The lowest BCUT2D eigenvalue weighted by Crippen LogP contribution is -2.13. The zero-order valence-corrected chi connectivity index (χ0v) is 14.4. The number of aromatic nitrogens is 3. The van der Waals surface area contributed by atoms with Gasteiger partial charge in [0.2, 0.25) is 5.16 Å². The first-order valence-corrected chi connectivity index (χ1v) is 9.17. The molecule has 4 rings (SSSR count). The summed E-state index contributed by atoms with van der Waals surface area (Å²) in [6.45, 7) is 0.448. The molecule has 0 atom stereocenters. The highest BCUT2D eigenvalue weighted by molar-refractivity contribution is 7.98. The van der Waals surface area contributed by atoms with Crippen molar-refractivity contribution in [3.05, 3.63) is 50.9 Å². The van der Waals surface area contributed by atoms with Gasteiger partial charge in [-0.15, -0.1) is 16.4 Å². The van der Waals surface area contributed by atoms with Gasteiger partial charge in [0.15, 0.2) is 12.6 Å². The Morgan fingerprint density at radius 3 is 3.16 bits per heavy atom. The molecular weight excluding hydrogens is 364 g/mol. The number of nitrogens with zero attached hydrogens (tertiary/aromatic N) is 3. The van der Waals surface area contributed by atoms with Gasteiger partial charge >= 0.3 is 0 Å². The molecule has 128 valence electrons. The topological polar surface area (TPSA) is 103 Å². The van der Waals surface area contributed by atoms with Crippen molar-refractivity contribution >= 4 is 28.8 Å². The molecule has 0 radical (unpaired) electrons. The lowest BCUT2D eigenvalue weighted by atomic mass is 10.1. The van der Waals surface area contributed by atoms with Crippen molar-refractivity contribution in [3.8, 4) is 16.5 Å². The van der Waals surface area contributed by atoms with Crippen LogP contribution in [0.4, 0.5) is 5.69 Å². The lowest BCUT2D eigenvalue weighted by molar-refractivity contribution is -0.385. The number of hydrogen-bond donors (Lipinski definition) is 1. The average molecular weight is 376 g/mol. The quantitative estimate of drug-likeness (QED) is 0.412. The van der Waals surface area contributed by atoms with Gasteiger partial charge < -0.3 is 9.47 Å². The van der Waals surface area contributed by atoms with Gasteiger partial charge in [0.1, 0.15) is 5.75 Å². The van der Waals surface area contributed by atoms with Gasteiger partial charge in [-0.25, -0.2) is 4.98 Å². The minimum absolute atomic E-state index is 0.0257. The number of aromatic amines is 1. The van der Waals surface area contributed by atoms with Gasteiger partial charge in [-0.05, 0) is 11.4 Å². The number of hydrogen-bond acceptors (Lipinski definition) is 8. The SMILES string of the molecule is O=[N+]([O-])c1cc2c(c(CSc3n[nH]c(-c4cccs4)n3)c1)OCOC2. The Kier molecular flexibility index (Phi) is 4.38. The fraction of sp³-hybridized carbons (Fsp3) is 0.200. The van der Waals surface area contributed by atoms with Crippen molar-refractivity contribution < 1.29 is 14.4 Å². The van der Waals surface area contributed by atoms with Crippen molar-refractivity contribution in [2.75, 3.05) is 6.79 Å². The van der Waals surface area contributed by atoms with Crippen molar-refractivity contribution in [1.29, 1.82) is 0 Å². The van der Waals surface area contributed by atoms with Gasteiger partial charge in [-0.2, -0.15) is 0 Å². The van der Waals surface area contributed by atoms with Crippen molar-refractivity contribution in [2.45, 2.75) is 17.5 Å². The maximum Gasteiger partial charge on any atom is 0.270 e. The third-order valence-electron chi connectivity index (χ3n) is 3.56. The molecule has 1 N–H and O–H groups in total. The van der Waals surface area contributed by atoms with E-state index in [2.05, 4.69) is 15.2 Å². The predicted molar refractivity (Wildman–Crippen MR) is 92.6 cm³/mol. The largest absolute Gasteiger partial charge is 0.467 e. The Morgan fingerprint density at radius 1 is 1.44 bits per heavy atom. The highest BCUT2D eigenvalue weighted by atomic mass is 32.2. The molecule has 25 heavy (non-hydrogen) atoms. The second-order valence-corrected chi connectivity index (χ2v) is 7.08. The first kappa shape index (κ1) is 16.1. The Bertz CT molecular complexity index is 910. The predicted octanol–water partition coefficient (Wildman–Crippen LogP) is 3.60. The zero-order valence-electron chi connectivity index (χ0n) is 12.8. The van der Waals surface area contributed by atoms with Crippen LogP contribution in [-0.2, 0) is 17.1 Å². The molecule has 0 saturated heterocycles. The van der Waals surface area contributed by atoms with Crippen LogP contribution in [0.5, 0.6) is 5.75 Å². The maximum atomic E-state index is 11.1. The van der Waals surface area contributed by atoms with Crippen LogP contribution in [0.25, 0.3) is 10.7 Å². The normalized spacial score (nSPS) is 13.3. The van der Waals surface area contributed by atoms with Gasteiger partial charge in [-0.3, -0.25) is 15.2 Å². The Balaban J connectivity index is 1.56. The van der Waals surface area contributed by atoms with Crippen LogP contribution in [0.1, 0.15) is 11.1 Å². The van der Waals surface area contributed by atoms with Crippen LogP contribution in [-0.4, -0.2) is 26.9 Å². The molecule has 3 heterocycles. The third kappa shape index (κ3) is 3.36. The molecule has 0 aliphatic carbocycles. The number of thioether (sulfide) groups is 1. The molecule has 0 spiro atoms. The van der Waals surface area contributed by atoms with Crippen molar-refractivity contribution in [2.24, 2.45) is 0 Å². The van der Waals surface area contributed by atoms with Crippen LogP contribution in [0, 0.1) is 10.1 Å². The smallest absolute Gasteiger partial charge is 0.270 e. The Hall–Kier alpha value is -2.43. The summed E-state index contributed by atoms with van der Waals surface area (Å²) in [6.07, 6.45) is 0. The fourth-order valence-electron chi connectivity index (χ4n) is 2.47. The summed E-state index contributed by atoms with van der Waals surface area (Å²) in [5, 5.41) is 20.8. The van der Waals surface area contributed by atoms with E-state index in [0.29, 0.717) is 34.7 Å². The van der Waals surface area contributed by atoms with Crippen LogP contribution >= 0.6 is 23.1 Å². The van der Waals surface area contributed by atoms with E-state index in [9.17, 15) is 10.1 Å². The van der Waals surface area contributed by atoms with E-state index in [1.54, 1.807) is 11.3 Å². The number of H-pyrrole nitrogens is 1. The molecule has 8 nitrogen and oxygen atoms in total. The maximum absolute atomic E-state index is 11.1. The van der Waals surface area contributed by atoms with E-state index in [0.717, 1.165) is 10.4 Å². The number of rotatable bonds is 5. The average Bonchev–Trinajstić information content (AvgIpc) is 3.30. The minimum atomic E-state index is -0.412. The number of nitro groups is 1. The van der Waals surface area contributed by atoms with E-state index < -0.39 is 4.92 Å². The summed E-state index contributed by atoms with van der Waals surface area (Å²) in [5.41, 5.74) is 1.45. The molecule has 0 saturated carbocycles. The van der Waals surface area contributed by atoms with Crippen LogP contribution < -0.4 is 4.74 Å². The van der Waals surface area contributed by atoms with Gasteiger partial charge in [-0.1, -0.05) is 17.8 Å². The van der Waals surface area contributed by atoms with E-state index in [-0.39, 0.29) is 12.5 Å². The van der Waals surface area contributed by atoms with Crippen molar-refractivity contribution in [1.82, 2.24) is 15.2 Å². The lowest BCUT2D eigenvalue weighted by Gasteiger charge is -2.20. The number of benzene rings is 1. The number of ether oxygens (including phenoxy) is 2. The van der Waals surface area contributed by atoms with E-state index in [1.807, 2.05) is 17.5 Å². The molecule has 0 unspecified atom stereocenters. The summed E-state index contributed by atoms with van der Waals surface area (Å²) in [6, 6.07) is 6.93. The molecule has 0 amide bonds. The summed E-state index contributed by atoms with van der Waals surface area (Å²) >= 11 is 2.97. The summed E-state index contributed by atoms with van der Waals surface area (Å²) in [7, 11) is 0. The fourth-order valence-corrected chi connectivity index (χ4v) is 3.90. The second-order valence-electron chi connectivity index (χ2n) is 5.19. The molecular formula is C15H12N4O4S2. The number of non-ortho nitro benzene ring substituents is 1. The molecule has 0 bridgehead atoms. The van der Waals surface area contributed by atoms with E-state index >= 15 is 0 Å². The highest BCUT2D eigenvalue weighted by Crippen LogP contribution is 2.36. The number of nitrogens with one attached hydrogen (secondary N) is 1. The second kappa shape index (κ2) is 6.82. The summed E-state index contributed by atoms with van der Waals surface area (Å²) in [5.74, 6) is 1.83. The van der Waals surface area contributed by atoms with E-state index in [1.165, 1.54) is 23.9 Å². The first-order valence-electron chi connectivity index (χ1n) is 7.30. The number of nitro benzene ring substituents is 1. The molecule has 1 aromatic carbocycles. The van der Waals surface area contributed by atoms with Gasteiger partial charge in [0.05, 0.1) is 16.4 Å². The number of fused-ring (bicyclic) bond motifs is 1. The first-order chi connectivity index (χ1) is 12.2. The molecule has 2 aromatic heterocycles. The monoisotopic (exact) mass is 376 g/mol. The molecule has 1 aliphatic heterocycles. The van der Waals surface area contributed by atoms with Crippen LogP contribution in [0.2, 0.25) is 0 Å². The van der Waals surface area contributed by atoms with Crippen molar-refractivity contribution in [3.63, 3.8) is 0 Å². The van der Waals surface area contributed by atoms with Gasteiger partial charge in [0.25, 0.3) is 5.69 Å². The summed E-state index contributed by atoms with van der Waals surface area (Å²) in [4.78, 5) is 16.2. The van der Waals surface area contributed by atoms with E-state index in [4.69, 9.17) is 9.47 Å². The Morgan fingerprint density at radius 2 is 2.36 bits per heavy atom. The van der Waals surface area contributed by atoms with Crippen LogP contribution in [0.15, 0.2) is 34.8 Å². The minimum Gasteiger partial charge on any atom is -0.467 e. The molecule has 3 aromatic rings. The molecule has 0 fully saturated rings. The van der Waals surface area contributed by atoms with Crippen LogP contribution in [0.3, 0.4) is 0 Å². The van der Waals surface area contributed by atoms with Gasteiger partial charge in [0, 0.05) is 29.0 Å². The third-order valence-corrected chi connectivity index (χ3v) is 5.33. The Labute approximate surface area is 150 Å². The number of thiophene rings is 1. The zero-order chi connectivity index (χ0) is 17.2. The summed E-state index contributed by atoms with van der Waals surface area (Å²) < 4.78 is 10.7. The highest BCUT2D eigenvalue weighted by Gasteiger charge is 2.21. The molecule has 10 heteroatoms. The standard InChI is InChI=1S/C15H12N4O4S2/c20-19(21)11-4-9-6-22-8-23-13(9)10(5-11)7-25-15-16-14(17-18-15)12-2-1-3-24-12/h1-5H,6-8H2,(H,16,17,18).